The zero-order chi connectivity index (χ0) is 13.2. The number of ether oxygens (including phenoxy) is 2. The Bertz CT molecular complexity index is 311. The van der Waals surface area contributed by atoms with Crippen LogP contribution < -0.4 is 10.1 Å². The van der Waals surface area contributed by atoms with Crippen molar-refractivity contribution >= 4 is 0 Å². The molecule has 0 heterocycles. The summed E-state index contributed by atoms with van der Waals surface area (Å²) in [5.74, 6) is 0.937. The van der Waals surface area contributed by atoms with Crippen LogP contribution in [-0.2, 0) is 4.74 Å². The molecule has 1 N–H and O–H groups in total. The van der Waals surface area contributed by atoms with Gasteiger partial charge in [-0.15, -0.1) is 0 Å². The maximum Gasteiger partial charge on any atom is 0.119 e. The molecule has 1 atom stereocenters. The first-order valence-electron chi connectivity index (χ1n) is 6.85. The van der Waals surface area contributed by atoms with Gasteiger partial charge in [0.1, 0.15) is 5.75 Å². The number of rotatable bonds is 9. The number of hydrogen-bond donors (Lipinski definition) is 1. The fourth-order valence-corrected chi connectivity index (χ4v) is 1.77. The molecule has 0 aromatic heterocycles. The van der Waals surface area contributed by atoms with Crippen molar-refractivity contribution < 1.29 is 9.47 Å². The molecule has 0 radical (unpaired) electrons. The van der Waals surface area contributed by atoms with Crippen LogP contribution in [0, 0.1) is 0 Å². The maximum atomic E-state index is 5.58. The van der Waals surface area contributed by atoms with E-state index in [4.69, 9.17) is 9.47 Å². The van der Waals surface area contributed by atoms with E-state index < -0.39 is 0 Å². The summed E-state index contributed by atoms with van der Waals surface area (Å²) in [4.78, 5) is 0. The van der Waals surface area contributed by atoms with E-state index in [1.807, 2.05) is 19.1 Å². The zero-order valence-electron chi connectivity index (χ0n) is 11.7. The van der Waals surface area contributed by atoms with Gasteiger partial charge in [-0.1, -0.05) is 26.0 Å². The molecule has 0 saturated heterocycles. The second-order valence-corrected chi connectivity index (χ2v) is 4.19. The topological polar surface area (TPSA) is 30.5 Å². The van der Waals surface area contributed by atoms with Crippen molar-refractivity contribution in [3.8, 4) is 5.75 Å². The van der Waals surface area contributed by atoms with E-state index >= 15 is 0 Å². The van der Waals surface area contributed by atoms with Crippen LogP contribution in [0.1, 0.15) is 38.8 Å². The molecule has 1 aromatic carbocycles. The molecule has 0 aliphatic heterocycles. The van der Waals surface area contributed by atoms with Gasteiger partial charge in [-0.3, -0.25) is 0 Å². The number of nitrogens with one attached hydrogen (secondary N) is 1. The summed E-state index contributed by atoms with van der Waals surface area (Å²) in [5.41, 5.74) is 1.24. The van der Waals surface area contributed by atoms with Gasteiger partial charge in [0.15, 0.2) is 0 Å². The van der Waals surface area contributed by atoms with Crippen LogP contribution in [0.2, 0.25) is 0 Å². The van der Waals surface area contributed by atoms with Crippen LogP contribution in [0.25, 0.3) is 0 Å². The van der Waals surface area contributed by atoms with Crippen molar-refractivity contribution in [2.24, 2.45) is 0 Å². The molecule has 102 valence electrons. The second-order valence-electron chi connectivity index (χ2n) is 4.19. The highest BCUT2D eigenvalue weighted by Crippen LogP contribution is 2.18. The molecule has 0 aliphatic carbocycles. The minimum Gasteiger partial charge on any atom is -0.494 e. The SMILES string of the molecule is CCCOc1ccc(C(COCC)NCC)cc1. The van der Waals surface area contributed by atoms with Gasteiger partial charge in [0.25, 0.3) is 0 Å². The molecule has 0 saturated carbocycles. The molecular weight excluding hydrogens is 226 g/mol. The molecule has 18 heavy (non-hydrogen) atoms. The van der Waals surface area contributed by atoms with Crippen molar-refractivity contribution in [2.45, 2.75) is 33.2 Å². The summed E-state index contributed by atoms with van der Waals surface area (Å²) in [5, 5.41) is 3.43. The van der Waals surface area contributed by atoms with E-state index in [1.165, 1.54) is 5.56 Å². The Morgan fingerprint density at radius 2 is 1.83 bits per heavy atom. The third kappa shape index (κ3) is 5.07. The van der Waals surface area contributed by atoms with Gasteiger partial charge in [0.2, 0.25) is 0 Å². The molecule has 0 aliphatic rings. The van der Waals surface area contributed by atoms with E-state index in [0.29, 0.717) is 6.61 Å². The quantitative estimate of drug-likeness (QED) is 0.731. The predicted octanol–water partition coefficient (Wildman–Crippen LogP) is 3.16. The minimum absolute atomic E-state index is 0.259. The molecule has 0 amide bonds. The van der Waals surface area contributed by atoms with Gasteiger partial charge in [-0.25, -0.2) is 0 Å². The first kappa shape index (κ1) is 15.0. The van der Waals surface area contributed by atoms with E-state index in [2.05, 4.69) is 31.3 Å². The fourth-order valence-electron chi connectivity index (χ4n) is 1.77. The molecule has 0 spiro atoms. The molecule has 0 bridgehead atoms. The predicted molar refractivity (Wildman–Crippen MR) is 75.1 cm³/mol. The summed E-state index contributed by atoms with van der Waals surface area (Å²) in [6, 6.07) is 8.53. The van der Waals surface area contributed by atoms with Crippen molar-refractivity contribution in [3.05, 3.63) is 29.8 Å². The van der Waals surface area contributed by atoms with Crippen LogP contribution >= 0.6 is 0 Å². The van der Waals surface area contributed by atoms with Crippen molar-refractivity contribution in [1.82, 2.24) is 5.32 Å². The maximum absolute atomic E-state index is 5.58. The average molecular weight is 251 g/mol. The summed E-state index contributed by atoms with van der Waals surface area (Å²) in [7, 11) is 0. The minimum atomic E-state index is 0.259. The van der Waals surface area contributed by atoms with Crippen LogP contribution in [-0.4, -0.2) is 26.4 Å². The monoisotopic (exact) mass is 251 g/mol. The van der Waals surface area contributed by atoms with Gasteiger partial charge in [-0.2, -0.15) is 0 Å². The molecule has 3 heteroatoms. The number of likely N-dealkylation sites (N-methyl/N-ethyl adjacent to an activating group) is 1. The Morgan fingerprint density at radius 1 is 1.11 bits per heavy atom. The Hall–Kier alpha value is -1.06. The van der Waals surface area contributed by atoms with E-state index in [-0.39, 0.29) is 6.04 Å². The zero-order valence-corrected chi connectivity index (χ0v) is 11.7. The highest BCUT2D eigenvalue weighted by atomic mass is 16.5. The summed E-state index contributed by atoms with van der Waals surface area (Å²) >= 11 is 0. The molecule has 1 rings (SSSR count). The molecule has 0 fully saturated rings. The second kappa shape index (κ2) is 8.95. The standard InChI is InChI=1S/C15H25NO2/c1-4-11-18-14-9-7-13(8-10-14)15(16-5-2)12-17-6-3/h7-10,15-16H,4-6,11-12H2,1-3H3. The Kier molecular flexibility index (Phi) is 7.46. The van der Waals surface area contributed by atoms with Gasteiger partial charge >= 0.3 is 0 Å². The van der Waals surface area contributed by atoms with E-state index in [9.17, 15) is 0 Å². The van der Waals surface area contributed by atoms with Crippen molar-refractivity contribution in [2.75, 3.05) is 26.4 Å². The lowest BCUT2D eigenvalue weighted by molar-refractivity contribution is 0.123. The number of hydrogen-bond acceptors (Lipinski definition) is 3. The lowest BCUT2D eigenvalue weighted by Gasteiger charge is -2.18. The van der Waals surface area contributed by atoms with Crippen LogP contribution in [0.4, 0.5) is 0 Å². The van der Waals surface area contributed by atoms with Crippen molar-refractivity contribution in [3.63, 3.8) is 0 Å². The van der Waals surface area contributed by atoms with Crippen molar-refractivity contribution in [1.29, 1.82) is 0 Å². The Balaban J connectivity index is 2.61. The third-order valence-corrected chi connectivity index (χ3v) is 2.69. The molecule has 1 aromatic rings. The van der Waals surface area contributed by atoms with Gasteiger partial charge in [-0.05, 0) is 37.6 Å². The van der Waals surface area contributed by atoms with Crippen LogP contribution in [0.3, 0.4) is 0 Å². The smallest absolute Gasteiger partial charge is 0.119 e. The third-order valence-electron chi connectivity index (χ3n) is 2.69. The fraction of sp³-hybridized carbons (Fsp3) is 0.600. The lowest BCUT2D eigenvalue weighted by atomic mass is 10.1. The summed E-state index contributed by atoms with van der Waals surface area (Å²) < 4.78 is 11.1. The average Bonchev–Trinajstić information content (AvgIpc) is 2.42. The first-order chi connectivity index (χ1) is 8.81. The van der Waals surface area contributed by atoms with Crippen LogP contribution in [0.15, 0.2) is 24.3 Å². The van der Waals surface area contributed by atoms with Gasteiger partial charge in [0, 0.05) is 6.61 Å². The summed E-state index contributed by atoms with van der Waals surface area (Å²) in [6.07, 6.45) is 1.03. The Labute approximate surface area is 110 Å². The normalized spacial score (nSPS) is 12.4. The van der Waals surface area contributed by atoms with Gasteiger partial charge in [0.05, 0.1) is 19.3 Å². The van der Waals surface area contributed by atoms with E-state index in [0.717, 1.165) is 31.9 Å². The largest absolute Gasteiger partial charge is 0.494 e. The van der Waals surface area contributed by atoms with Gasteiger partial charge < -0.3 is 14.8 Å². The Morgan fingerprint density at radius 3 is 2.39 bits per heavy atom. The first-order valence-corrected chi connectivity index (χ1v) is 6.85. The van der Waals surface area contributed by atoms with E-state index in [1.54, 1.807) is 0 Å². The number of benzene rings is 1. The lowest BCUT2D eigenvalue weighted by Crippen LogP contribution is -2.25. The summed E-state index contributed by atoms with van der Waals surface area (Å²) in [6.45, 7) is 9.40. The highest BCUT2D eigenvalue weighted by Gasteiger charge is 2.10. The molecular formula is C15H25NO2. The molecule has 3 nitrogen and oxygen atoms in total. The van der Waals surface area contributed by atoms with Crippen LogP contribution in [0.5, 0.6) is 5.75 Å². The highest BCUT2D eigenvalue weighted by molar-refractivity contribution is 5.29. The molecule has 1 unspecified atom stereocenters.